The van der Waals surface area contributed by atoms with Crippen LogP contribution >= 0.6 is 23.1 Å². The molecule has 1 N–H and O–H groups in total. The van der Waals surface area contributed by atoms with Crippen LogP contribution in [0.4, 0.5) is 0 Å². The van der Waals surface area contributed by atoms with Crippen LogP contribution in [0, 0.1) is 0 Å². The van der Waals surface area contributed by atoms with Gasteiger partial charge in [-0.1, -0.05) is 6.07 Å². The van der Waals surface area contributed by atoms with Gasteiger partial charge in [0.05, 0.1) is 15.5 Å². The quantitative estimate of drug-likeness (QED) is 0.403. The van der Waals surface area contributed by atoms with Gasteiger partial charge in [-0.3, -0.25) is 4.79 Å². The standard InChI is InChI=1S/C13H12N2O2S2/c1-8(16)12(9(2)17)19-13-14-6-5-10(15-13)11-4-3-7-18-11/h3-7,16H,1-2H3/b12-8+. The Morgan fingerprint density at radius 2 is 2.16 bits per heavy atom. The van der Waals surface area contributed by atoms with Crippen molar-refractivity contribution in [2.24, 2.45) is 0 Å². The summed E-state index contributed by atoms with van der Waals surface area (Å²) in [6.45, 7) is 2.89. The Labute approximate surface area is 119 Å². The molecule has 2 heterocycles. The summed E-state index contributed by atoms with van der Waals surface area (Å²) >= 11 is 2.67. The lowest BCUT2D eigenvalue weighted by Crippen LogP contribution is -1.98. The summed E-state index contributed by atoms with van der Waals surface area (Å²) in [6.07, 6.45) is 1.65. The van der Waals surface area contributed by atoms with Gasteiger partial charge in [0.1, 0.15) is 5.76 Å². The van der Waals surface area contributed by atoms with Crippen molar-refractivity contribution in [3.63, 3.8) is 0 Å². The molecule has 6 heteroatoms. The molecule has 0 bridgehead atoms. The van der Waals surface area contributed by atoms with Crippen molar-refractivity contribution >= 4 is 28.9 Å². The molecule has 4 nitrogen and oxygen atoms in total. The van der Waals surface area contributed by atoms with Gasteiger partial charge in [-0.05, 0) is 43.1 Å². The lowest BCUT2D eigenvalue weighted by molar-refractivity contribution is -0.113. The molecule has 0 aliphatic rings. The van der Waals surface area contributed by atoms with E-state index in [0.717, 1.165) is 22.3 Å². The van der Waals surface area contributed by atoms with Gasteiger partial charge in [0.15, 0.2) is 10.9 Å². The van der Waals surface area contributed by atoms with Crippen molar-refractivity contribution in [1.82, 2.24) is 9.97 Å². The van der Waals surface area contributed by atoms with Crippen LogP contribution in [-0.2, 0) is 4.79 Å². The van der Waals surface area contributed by atoms with Crippen LogP contribution in [0.3, 0.4) is 0 Å². The molecule has 0 aliphatic heterocycles. The third kappa shape index (κ3) is 3.42. The number of hydrogen-bond acceptors (Lipinski definition) is 6. The summed E-state index contributed by atoms with van der Waals surface area (Å²) in [7, 11) is 0. The molecule has 2 aromatic rings. The van der Waals surface area contributed by atoms with E-state index < -0.39 is 0 Å². The highest BCUT2D eigenvalue weighted by Gasteiger charge is 2.13. The van der Waals surface area contributed by atoms with Crippen LogP contribution in [0.25, 0.3) is 10.6 Å². The number of nitrogens with zero attached hydrogens (tertiary/aromatic N) is 2. The highest BCUT2D eigenvalue weighted by molar-refractivity contribution is 8.03. The monoisotopic (exact) mass is 292 g/mol. The number of aliphatic hydroxyl groups is 1. The number of thiophene rings is 1. The first-order chi connectivity index (χ1) is 9.08. The third-order valence-corrected chi connectivity index (χ3v) is 4.31. The van der Waals surface area contributed by atoms with E-state index in [1.165, 1.54) is 13.8 Å². The highest BCUT2D eigenvalue weighted by Crippen LogP contribution is 2.29. The molecule has 0 aliphatic carbocycles. The maximum atomic E-state index is 11.4. The van der Waals surface area contributed by atoms with Gasteiger partial charge in [0, 0.05) is 6.20 Å². The Hall–Kier alpha value is -1.66. The zero-order valence-corrected chi connectivity index (χ0v) is 12.1. The Kier molecular flexibility index (Phi) is 4.34. The number of hydrogen-bond donors (Lipinski definition) is 1. The number of aliphatic hydroxyl groups excluding tert-OH is 1. The molecule has 2 rings (SSSR count). The van der Waals surface area contributed by atoms with E-state index in [-0.39, 0.29) is 16.4 Å². The van der Waals surface area contributed by atoms with E-state index >= 15 is 0 Å². The van der Waals surface area contributed by atoms with E-state index in [4.69, 9.17) is 0 Å². The number of carbonyl (C=O) groups is 1. The van der Waals surface area contributed by atoms with Crippen LogP contribution in [0.5, 0.6) is 0 Å². The molecule has 0 saturated heterocycles. The second kappa shape index (κ2) is 5.99. The molecular formula is C13H12N2O2S2. The maximum Gasteiger partial charge on any atom is 0.193 e. The summed E-state index contributed by atoms with van der Waals surface area (Å²) in [5, 5.41) is 11.9. The maximum absolute atomic E-state index is 11.4. The van der Waals surface area contributed by atoms with Gasteiger partial charge >= 0.3 is 0 Å². The number of thioether (sulfide) groups is 1. The topological polar surface area (TPSA) is 63.1 Å². The smallest absolute Gasteiger partial charge is 0.193 e. The predicted octanol–water partition coefficient (Wildman–Crippen LogP) is 3.68. The second-order valence-corrected chi connectivity index (χ2v) is 5.70. The van der Waals surface area contributed by atoms with Crippen LogP contribution < -0.4 is 0 Å². The number of allylic oxidation sites excluding steroid dienone is 2. The summed E-state index contributed by atoms with van der Waals surface area (Å²) in [6, 6.07) is 5.74. The normalized spacial score (nSPS) is 12.1. The van der Waals surface area contributed by atoms with Gasteiger partial charge in [-0.15, -0.1) is 11.3 Å². The van der Waals surface area contributed by atoms with Crippen molar-refractivity contribution in [2.75, 3.05) is 0 Å². The van der Waals surface area contributed by atoms with E-state index in [9.17, 15) is 9.90 Å². The first kappa shape index (κ1) is 13.8. The number of ketones is 1. The molecular weight excluding hydrogens is 280 g/mol. The minimum Gasteiger partial charge on any atom is -0.511 e. The predicted molar refractivity (Wildman–Crippen MR) is 77.2 cm³/mol. The Bertz CT molecular complexity index is 617. The van der Waals surface area contributed by atoms with Gasteiger partial charge in [-0.25, -0.2) is 9.97 Å². The van der Waals surface area contributed by atoms with Crippen molar-refractivity contribution in [2.45, 2.75) is 19.0 Å². The van der Waals surface area contributed by atoms with E-state index in [0.29, 0.717) is 5.16 Å². The van der Waals surface area contributed by atoms with Crippen molar-refractivity contribution < 1.29 is 9.90 Å². The summed E-state index contributed by atoms with van der Waals surface area (Å²) in [4.78, 5) is 21.2. The lowest BCUT2D eigenvalue weighted by atomic mass is 10.3. The molecule has 0 fully saturated rings. The Balaban J connectivity index is 2.30. The number of rotatable bonds is 4. The van der Waals surface area contributed by atoms with Crippen molar-refractivity contribution in [3.8, 4) is 10.6 Å². The number of Topliss-reactive ketones (excluding diaryl/α,β-unsaturated/α-hetero) is 1. The molecule has 19 heavy (non-hydrogen) atoms. The van der Waals surface area contributed by atoms with E-state index in [2.05, 4.69) is 9.97 Å². The molecule has 0 atom stereocenters. The van der Waals surface area contributed by atoms with Gasteiger partial charge in [-0.2, -0.15) is 0 Å². The number of aromatic nitrogens is 2. The molecule has 0 aromatic carbocycles. The van der Waals surface area contributed by atoms with Gasteiger partial charge in [0.25, 0.3) is 0 Å². The SMILES string of the molecule is CC(=O)/C(Sc1nccc(-c2cccs2)n1)=C(/C)O. The van der Waals surface area contributed by atoms with Crippen molar-refractivity contribution in [3.05, 3.63) is 40.4 Å². The van der Waals surface area contributed by atoms with Crippen LogP contribution in [0.15, 0.2) is 45.6 Å². The molecule has 2 aromatic heterocycles. The van der Waals surface area contributed by atoms with Crippen LogP contribution in [0.1, 0.15) is 13.8 Å². The molecule has 98 valence electrons. The summed E-state index contributed by atoms with van der Waals surface area (Å²) in [5.74, 6) is -0.210. The van der Waals surface area contributed by atoms with Gasteiger partial charge < -0.3 is 5.11 Å². The fourth-order valence-electron chi connectivity index (χ4n) is 1.44. The molecule has 0 spiro atoms. The molecule has 0 amide bonds. The minimum absolute atomic E-state index is 0.0115. The minimum atomic E-state index is -0.199. The van der Waals surface area contributed by atoms with Gasteiger partial charge in [0.2, 0.25) is 0 Å². The first-order valence-electron chi connectivity index (χ1n) is 5.53. The van der Waals surface area contributed by atoms with Crippen molar-refractivity contribution in [1.29, 1.82) is 0 Å². The van der Waals surface area contributed by atoms with E-state index in [1.807, 2.05) is 23.6 Å². The fourth-order valence-corrected chi connectivity index (χ4v) is 2.87. The molecule has 0 radical (unpaired) electrons. The summed E-state index contributed by atoms with van der Waals surface area (Å²) in [5.41, 5.74) is 0.811. The van der Waals surface area contributed by atoms with E-state index in [1.54, 1.807) is 17.5 Å². The largest absolute Gasteiger partial charge is 0.511 e. The summed E-state index contributed by atoms with van der Waals surface area (Å²) < 4.78 is 0. The molecule has 0 saturated carbocycles. The first-order valence-corrected chi connectivity index (χ1v) is 7.23. The third-order valence-electron chi connectivity index (χ3n) is 2.25. The Morgan fingerprint density at radius 1 is 1.37 bits per heavy atom. The average molecular weight is 292 g/mol. The second-order valence-electron chi connectivity index (χ2n) is 3.77. The zero-order chi connectivity index (χ0) is 13.8. The lowest BCUT2D eigenvalue weighted by Gasteiger charge is -2.04. The number of carbonyl (C=O) groups excluding carboxylic acids is 1. The average Bonchev–Trinajstić information content (AvgIpc) is 2.89. The fraction of sp³-hybridized carbons (Fsp3) is 0.154. The molecule has 0 unspecified atom stereocenters. The highest BCUT2D eigenvalue weighted by atomic mass is 32.2. The van der Waals surface area contributed by atoms with Crippen LogP contribution in [-0.4, -0.2) is 20.9 Å². The zero-order valence-electron chi connectivity index (χ0n) is 10.5. The Morgan fingerprint density at radius 3 is 2.74 bits per heavy atom. The van der Waals surface area contributed by atoms with Crippen LogP contribution in [0.2, 0.25) is 0 Å².